The van der Waals surface area contributed by atoms with Gasteiger partial charge in [-0.3, -0.25) is 9.48 Å². The van der Waals surface area contributed by atoms with Gasteiger partial charge in [0.25, 0.3) is 0 Å². The van der Waals surface area contributed by atoms with Crippen molar-refractivity contribution in [2.45, 2.75) is 26.2 Å². The molecule has 21 heavy (non-hydrogen) atoms. The summed E-state index contributed by atoms with van der Waals surface area (Å²) in [6.07, 6.45) is 3.55. The molecule has 0 aromatic carbocycles. The Kier molecular flexibility index (Phi) is 4.50. The van der Waals surface area contributed by atoms with E-state index in [1.54, 1.807) is 16.5 Å². The van der Waals surface area contributed by atoms with E-state index in [1.807, 2.05) is 19.3 Å². The van der Waals surface area contributed by atoms with Crippen LogP contribution in [0.3, 0.4) is 0 Å². The second kappa shape index (κ2) is 6.15. The van der Waals surface area contributed by atoms with E-state index in [4.69, 9.17) is 5.11 Å². The maximum atomic E-state index is 12.0. The molecule has 116 valence electrons. The van der Waals surface area contributed by atoms with Crippen molar-refractivity contribution in [1.82, 2.24) is 20.0 Å². The van der Waals surface area contributed by atoms with Gasteiger partial charge in [-0.1, -0.05) is 0 Å². The van der Waals surface area contributed by atoms with Crippen molar-refractivity contribution in [1.29, 1.82) is 0 Å². The Morgan fingerprint density at radius 1 is 1.43 bits per heavy atom. The van der Waals surface area contributed by atoms with Crippen molar-refractivity contribution in [3.05, 3.63) is 18.0 Å². The molecule has 0 spiro atoms. The van der Waals surface area contributed by atoms with Gasteiger partial charge in [0.2, 0.25) is 0 Å². The molecule has 1 aromatic heterocycles. The Bertz CT molecular complexity index is 518. The third-order valence-electron chi connectivity index (χ3n) is 4.10. The average molecular weight is 294 g/mol. The summed E-state index contributed by atoms with van der Waals surface area (Å²) < 4.78 is 1.73. The van der Waals surface area contributed by atoms with Gasteiger partial charge in [0.05, 0.1) is 11.1 Å². The van der Waals surface area contributed by atoms with E-state index in [0.717, 1.165) is 5.69 Å². The first-order valence-electron chi connectivity index (χ1n) is 7.15. The largest absolute Gasteiger partial charge is 0.481 e. The predicted molar refractivity (Wildman–Crippen MR) is 76.9 cm³/mol. The van der Waals surface area contributed by atoms with Crippen LogP contribution in [0.2, 0.25) is 0 Å². The molecule has 0 bridgehead atoms. The lowest BCUT2D eigenvalue weighted by Gasteiger charge is -2.36. The van der Waals surface area contributed by atoms with E-state index < -0.39 is 11.4 Å². The lowest BCUT2D eigenvalue weighted by molar-refractivity contribution is -0.150. The second-order valence-electron chi connectivity index (χ2n) is 5.82. The van der Waals surface area contributed by atoms with Gasteiger partial charge in [0, 0.05) is 39.3 Å². The molecule has 7 nitrogen and oxygen atoms in total. The van der Waals surface area contributed by atoms with Crippen LogP contribution in [-0.4, -0.2) is 51.4 Å². The van der Waals surface area contributed by atoms with Crippen molar-refractivity contribution >= 4 is 12.0 Å². The highest BCUT2D eigenvalue weighted by Gasteiger charge is 2.37. The number of hydrogen-bond acceptors (Lipinski definition) is 3. The first-order valence-corrected chi connectivity index (χ1v) is 7.15. The highest BCUT2D eigenvalue weighted by molar-refractivity contribution is 5.76. The van der Waals surface area contributed by atoms with Crippen LogP contribution in [0.15, 0.2) is 12.3 Å². The molecular weight excluding hydrogens is 272 g/mol. The van der Waals surface area contributed by atoms with Crippen molar-refractivity contribution in [2.24, 2.45) is 12.5 Å². The number of nitrogens with one attached hydrogen (secondary N) is 1. The second-order valence-corrected chi connectivity index (χ2v) is 5.82. The summed E-state index contributed by atoms with van der Waals surface area (Å²) in [4.78, 5) is 24.9. The minimum Gasteiger partial charge on any atom is -0.481 e. The molecule has 0 saturated carbocycles. The quantitative estimate of drug-likeness (QED) is 0.862. The van der Waals surface area contributed by atoms with Gasteiger partial charge < -0.3 is 15.3 Å². The van der Waals surface area contributed by atoms with Crippen molar-refractivity contribution in [3.63, 3.8) is 0 Å². The van der Waals surface area contributed by atoms with Gasteiger partial charge >= 0.3 is 12.0 Å². The third kappa shape index (κ3) is 3.74. The molecule has 1 fully saturated rings. The number of nitrogens with zero attached hydrogens (tertiary/aromatic N) is 3. The number of aromatic nitrogens is 2. The fourth-order valence-electron chi connectivity index (χ4n) is 2.42. The van der Waals surface area contributed by atoms with Crippen LogP contribution in [0.1, 0.15) is 25.5 Å². The van der Waals surface area contributed by atoms with Gasteiger partial charge in [-0.05, 0) is 25.8 Å². The number of urea groups is 1. The molecule has 2 N–H and O–H groups in total. The van der Waals surface area contributed by atoms with Crippen LogP contribution < -0.4 is 5.32 Å². The van der Waals surface area contributed by atoms with E-state index in [1.165, 1.54) is 0 Å². The first-order chi connectivity index (χ1) is 9.90. The van der Waals surface area contributed by atoms with Crippen LogP contribution in [0.4, 0.5) is 4.79 Å². The van der Waals surface area contributed by atoms with Crippen LogP contribution in [-0.2, 0) is 18.3 Å². The number of carbonyl (C=O) groups is 2. The summed E-state index contributed by atoms with van der Waals surface area (Å²) >= 11 is 0. The summed E-state index contributed by atoms with van der Waals surface area (Å²) in [5, 5.41) is 16.3. The van der Waals surface area contributed by atoms with Gasteiger partial charge in [0.15, 0.2) is 0 Å². The van der Waals surface area contributed by atoms with Crippen LogP contribution in [0.5, 0.6) is 0 Å². The highest BCUT2D eigenvalue weighted by atomic mass is 16.4. The zero-order valence-electron chi connectivity index (χ0n) is 12.5. The average Bonchev–Trinajstić information content (AvgIpc) is 2.85. The van der Waals surface area contributed by atoms with E-state index in [-0.39, 0.29) is 6.03 Å². The minimum atomic E-state index is -0.780. The Balaban J connectivity index is 1.74. The lowest BCUT2D eigenvalue weighted by Crippen LogP contribution is -2.49. The summed E-state index contributed by atoms with van der Waals surface area (Å²) in [6, 6.07) is 1.80. The monoisotopic (exact) mass is 294 g/mol. The molecule has 0 radical (unpaired) electrons. The molecule has 1 aliphatic heterocycles. The van der Waals surface area contributed by atoms with Crippen LogP contribution in [0, 0.1) is 5.41 Å². The Morgan fingerprint density at radius 3 is 2.62 bits per heavy atom. The highest BCUT2D eigenvalue weighted by Crippen LogP contribution is 2.30. The van der Waals surface area contributed by atoms with E-state index >= 15 is 0 Å². The van der Waals surface area contributed by atoms with Crippen molar-refractivity contribution in [3.8, 4) is 0 Å². The van der Waals surface area contributed by atoms with E-state index in [0.29, 0.717) is 38.9 Å². The van der Waals surface area contributed by atoms with E-state index in [2.05, 4.69) is 10.4 Å². The summed E-state index contributed by atoms with van der Waals surface area (Å²) in [5.41, 5.74) is 0.236. The summed E-state index contributed by atoms with van der Waals surface area (Å²) in [5.74, 6) is -0.780. The molecule has 0 unspecified atom stereocenters. The Labute approximate surface area is 123 Å². The van der Waals surface area contributed by atoms with Crippen molar-refractivity contribution in [2.75, 3.05) is 19.6 Å². The summed E-state index contributed by atoms with van der Waals surface area (Å²) in [7, 11) is 1.86. The molecule has 1 aliphatic rings. The SMILES string of the molecule is Cn1ccc(CCNC(=O)N2CCC(C)(C(=O)O)CC2)n1. The molecule has 1 saturated heterocycles. The number of piperidine rings is 1. The van der Waals surface area contributed by atoms with Gasteiger partial charge in [-0.2, -0.15) is 5.10 Å². The molecule has 2 rings (SSSR count). The lowest BCUT2D eigenvalue weighted by atomic mass is 9.80. The van der Waals surface area contributed by atoms with Gasteiger partial charge in [-0.15, -0.1) is 0 Å². The number of amides is 2. The fourth-order valence-corrected chi connectivity index (χ4v) is 2.42. The zero-order valence-corrected chi connectivity index (χ0v) is 12.5. The molecular formula is C14H22N4O3. The third-order valence-corrected chi connectivity index (χ3v) is 4.10. The molecule has 1 aromatic rings. The number of aryl methyl sites for hydroxylation is 1. The van der Waals surface area contributed by atoms with Crippen LogP contribution >= 0.6 is 0 Å². The zero-order chi connectivity index (χ0) is 15.5. The van der Waals surface area contributed by atoms with Gasteiger partial charge in [-0.25, -0.2) is 4.79 Å². The van der Waals surface area contributed by atoms with E-state index in [9.17, 15) is 9.59 Å². The number of likely N-dealkylation sites (tertiary alicyclic amines) is 1. The smallest absolute Gasteiger partial charge is 0.317 e. The molecule has 2 heterocycles. The molecule has 7 heteroatoms. The topological polar surface area (TPSA) is 87.5 Å². The molecule has 0 atom stereocenters. The number of aliphatic carboxylic acids is 1. The normalized spacial score (nSPS) is 17.5. The standard InChI is InChI=1S/C14H22N4O3/c1-14(12(19)20)5-9-18(10-6-14)13(21)15-7-3-11-4-8-17(2)16-11/h4,8H,3,5-7,9-10H2,1-2H3,(H,15,21)(H,19,20). The maximum absolute atomic E-state index is 12.0. The number of rotatable bonds is 4. The fraction of sp³-hybridized carbons (Fsp3) is 0.643. The number of carboxylic acids is 1. The van der Waals surface area contributed by atoms with Crippen LogP contribution in [0.25, 0.3) is 0 Å². The molecule has 2 amide bonds. The first kappa shape index (κ1) is 15.3. The predicted octanol–water partition coefficient (Wildman–Crippen LogP) is 0.859. The molecule has 0 aliphatic carbocycles. The van der Waals surface area contributed by atoms with Crippen molar-refractivity contribution < 1.29 is 14.7 Å². The number of carboxylic acid groups (broad SMARTS) is 1. The van der Waals surface area contributed by atoms with Gasteiger partial charge in [0.1, 0.15) is 0 Å². The Hall–Kier alpha value is -2.05. The summed E-state index contributed by atoms with van der Waals surface area (Å²) in [6.45, 7) is 3.24. The number of hydrogen-bond donors (Lipinski definition) is 2. The minimum absolute atomic E-state index is 0.127. The maximum Gasteiger partial charge on any atom is 0.317 e. The number of carbonyl (C=O) groups excluding carboxylic acids is 1. The Morgan fingerprint density at radius 2 is 2.10 bits per heavy atom.